The van der Waals surface area contributed by atoms with E-state index in [4.69, 9.17) is 11.5 Å². The van der Waals surface area contributed by atoms with Crippen LogP contribution in [0.15, 0.2) is 0 Å². The second-order valence-electron chi connectivity index (χ2n) is 5.13. The zero-order chi connectivity index (χ0) is 14.3. The van der Waals surface area contributed by atoms with Crippen molar-refractivity contribution in [2.45, 2.75) is 56.5 Å². The maximum absolute atomic E-state index is 12.0. The van der Waals surface area contributed by atoms with Crippen LogP contribution in [0.2, 0.25) is 0 Å². The quantitative estimate of drug-likeness (QED) is 0.624. The second kappa shape index (κ2) is 7.15. The van der Waals surface area contributed by atoms with Crippen molar-refractivity contribution in [2.75, 3.05) is 7.05 Å². The smallest absolute Gasteiger partial charge is 0.327 e. The lowest BCUT2D eigenvalue weighted by Crippen LogP contribution is -2.50. The third-order valence-electron chi connectivity index (χ3n) is 3.80. The van der Waals surface area contributed by atoms with Gasteiger partial charge in [0.2, 0.25) is 5.91 Å². The Morgan fingerprint density at radius 3 is 2.47 bits per heavy atom. The van der Waals surface area contributed by atoms with Crippen LogP contribution in [0.1, 0.15) is 44.9 Å². The summed E-state index contributed by atoms with van der Waals surface area (Å²) >= 11 is 0. The van der Waals surface area contributed by atoms with Crippen molar-refractivity contribution in [3.8, 4) is 12.3 Å². The van der Waals surface area contributed by atoms with Crippen LogP contribution in [0.5, 0.6) is 0 Å². The summed E-state index contributed by atoms with van der Waals surface area (Å²) in [5.41, 5.74) is -0.193. The van der Waals surface area contributed by atoms with Gasteiger partial charge < -0.3 is 15.7 Å². The van der Waals surface area contributed by atoms with E-state index in [0.29, 0.717) is 6.42 Å². The van der Waals surface area contributed by atoms with Crippen molar-refractivity contribution in [1.82, 2.24) is 10.6 Å². The average Bonchev–Trinajstić information content (AvgIpc) is 2.39. The Kier molecular flexibility index (Phi) is 5.84. The Bertz CT molecular complexity index is 367. The molecular formula is C14H22N2O3. The van der Waals surface area contributed by atoms with Crippen LogP contribution in [0.3, 0.4) is 0 Å². The minimum absolute atomic E-state index is 0.00757. The van der Waals surface area contributed by atoms with E-state index in [-0.39, 0.29) is 17.9 Å². The number of carboxylic acids is 1. The number of hydrogen-bond acceptors (Lipinski definition) is 3. The second-order valence-corrected chi connectivity index (χ2v) is 5.13. The number of nitrogens with one attached hydrogen (secondary N) is 2. The first kappa shape index (κ1) is 15.5. The molecule has 5 heteroatoms. The minimum Gasteiger partial charge on any atom is -0.480 e. The molecule has 0 aromatic heterocycles. The van der Waals surface area contributed by atoms with Gasteiger partial charge in [-0.2, -0.15) is 0 Å². The van der Waals surface area contributed by atoms with E-state index in [1.807, 2.05) is 7.05 Å². The van der Waals surface area contributed by atoms with Crippen LogP contribution in [0, 0.1) is 12.3 Å². The molecule has 1 amide bonds. The van der Waals surface area contributed by atoms with Crippen molar-refractivity contribution in [2.24, 2.45) is 0 Å². The van der Waals surface area contributed by atoms with Gasteiger partial charge in [0.05, 0.1) is 0 Å². The molecule has 19 heavy (non-hydrogen) atoms. The summed E-state index contributed by atoms with van der Waals surface area (Å²) in [5.74, 6) is 0.930. The highest BCUT2D eigenvalue weighted by atomic mass is 16.4. The molecule has 1 saturated carbocycles. The number of rotatable bonds is 6. The van der Waals surface area contributed by atoms with E-state index in [0.717, 1.165) is 25.7 Å². The maximum atomic E-state index is 12.0. The third kappa shape index (κ3) is 4.56. The molecule has 1 rings (SSSR count). The molecule has 0 heterocycles. The predicted molar refractivity (Wildman–Crippen MR) is 72.5 cm³/mol. The van der Waals surface area contributed by atoms with E-state index < -0.39 is 12.0 Å². The van der Waals surface area contributed by atoms with E-state index in [2.05, 4.69) is 16.6 Å². The molecule has 106 valence electrons. The van der Waals surface area contributed by atoms with Crippen LogP contribution in [0.4, 0.5) is 0 Å². The normalized spacial score (nSPS) is 19.2. The zero-order valence-electron chi connectivity index (χ0n) is 11.4. The summed E-state index contributed by atoms with van der Waals surface area (Å²) in [4.78, 5) is 22.9. The third-order valence-corrected chi connectivity index (χ3v) is 3.80. The lowest BCUT2D eigenvalue weighted by atomic mass is 9.79. The van der Waals surface area contributed by atoms with Crippen LogP contribution in [-0.4, -0.2) is 35.6 Å². The van der Waals surface area contributed by atoms with E-state index in [9.17, 15) is 9.59 Å². The molecule has 3 N–H and O–H groups in total. The fraction of sp³-hybridized carbons (Fsp3) is 0.714. The highest BCUT2D eigenvalue weighted by molar-refractivity contribution is 5.84. The molecule has 5 nitrogen and oxygen atoms in total. The Morgan fingerprint density at radius 1 is 1.37 bits per heavy atom. The molecular weight excluding hydrogens is 244 g/mol. The minimum atomic E-state index is -1.09. The molecule has 1 aliphatic rings. The van der Waals surface area contributed by atoms with Gasteiger partial charge in [0, 0.05) is 18.4 Å². The van der Waals surface area contributed by atoms with Gasteiger partial charge in [-0.3, -0.25) is 4.79 Å². The van der Waals surface area contributed by atoms with Gasteiger partial charge in [-0.05, 0) is 19.9 Å². The maximum Gasteiger partial charge on any atom is 0.327 e. The van der Waals surface area contributed by atoms with Gasteiger partial charge in [0.15, 0.2) is 0 Å². The number of amides is 1. The summed E-state index contributed by atoms with van der Waals surface area (Å²) in [6.45, 7) is 0. The summed E-state index contributed by atoms with van der Waals surface area (Å²) in [6.07, 6.45) is 10.7. The van der Waals surface area contributed by atoms with E-state index >= 15 is 0 Å². The summed E-state index contributed by atoms with van der Waals surface area (Å²) < 4.78 is 0. The Hall–Kier alpha value is -1.54. The molecule has 0 spiro atoms. The van der Waals surface area contributed by atoms with Gasteiger partial charge in [-0.1, -0.05) is 19.3 Å². The van der Waals surface area contributed by atoms with Crippen molar-refractivity contribution < 1.29 is 14.7 Å². The van der Waals surface area contributed by atoms with Crippen LogP contribution >= 0.6 is 0 Å². The monoisotopic (exact) mass is 266 g/mol. The lowest BCUT2D eigenvalue weighted by Gasteiger charge is -2.36. The lowest BCUT2D eigenvalue weighted by molar-refractivity contribution is -0.142. The zero-order valence-corrected chi connectivity index (χ0v) is 11.4. The van der Waals surface area contributed by atoms with Crippen LogP contribution < -0.4 is 10.6 Å². The van der Waals surface area contributed by atoms with Crippen molar-refractivity contribution in [3.05, 3.63) is 0 Å². The van der Waals surface area contributed by atoms with Crippen molar-refractivity contribution in [1.29, 1.82) is 0 Å². The van der Waals surface area contributed by atoms with Crippen molar-refractivity contribution >= 4 is 11.9 Å². The highest BCUT2D eigenvalue weighted by Crippen LogP contribution is 2.30. The highest BCUT2D eigenvalue weighted by Gasteiger charge is 2.33. The number of terminal acetylenes is 1. The number of hydrogen-bond donors (Lipinski definition) is 3. The first-order valence-electron chi connectivity index (χ1n) is 6.67. The molecule has 1 fully saturated rings. The predicted octanol–water partition coefficient (Wildman–Crippen LogP) is 0.891. The molecule has 1 aliphatic carbocycles. The topological polar surface area (TPSA) is 78.4 Å². The molecule has 0 bridgehead atoms. The van der Waals surface area contributed by atoms with Crippen LogP contribution in [0.25, 0.3) is 0 Å². The number of aliphatic carboxylic acids is 1. The summed E-state index contributed by atoms with van der Waals surface area (Å²) in [7, 11) is 1.86. The molecule has 0 aromatic rings. The standard InChI is InChI=1S/C14H22N2O3/c1-3-7-11(13(18)19)16-12(17)10-14(15-2)8-5-4-6-9-14/h1,11,15H,4-10H2,2H3,(H,16,17)(H,18,19). The average molecular weight is 266 g/mol. The Labute approximate surface area is 114 Å². The molecule has 0 saturated heterocycles. The fourth-order valence-corrected chi connectivity index (χ4v) is 2.61. The Balaban J connectivity index is 2.57. The van der Waals surface area contributed by atoms with Gasteiger partial charge in [-0.15, -0.1) is 12.3 Å². The SMILES string of the molecule is C#CCC(NC(=O)CC1(NC)CCCCC1)C(=O)O. The van der Waals surface area contributed by atoms with Crippen LogP contribution in [-0.2, 0) is 9.59 Å². The first-order chi connectivity index (χ1) is 9.03. The molecule has 0 aromatic carbocycles. The van der Waals surface area contributed by atoms with Crippen molar-refractivity contribution in [3.63, 3.8) is 0 Å². The molecule has 1 atom stereocenters. The largest absolute Gasteiger partial charge is 0.480 e. The van der Waals surface area contributed by atoms with Gasteiger partial charge in [0.1, 0.15) is 6.04 Å². The Morgan fingerprint density at radius 2 is 2.00 bits per heavy atom. The summed E-state index contributed by atoms with van der Waals surface area (Å²) in [6, 6.07) is -0.991. The number of carboxylic acid groups (broad SMARTS) is 1. The van der Waals surface area contributed by atoms with E-state index in [1.165, 1.54) is 6.42 Å². The fourth-order valence-electron chi connectivity index (χ4n) is 2.61. The first-order valence-corrected chi connectivity index (χ1v) is 6.67. The number of carbonyl (C=O) groups is 2. The van der Waals surface area contributed by atoms with E-state index in [1.54, 1.807) is 0 Å². The summed E-state index contributed by atoms with van der Waals surface area (Å²) in [5, 5.41) is 14.7. The molecule has 0 aliphatic heterocycles. The number of carbonyl (C=O) groups excluding carboxylic acids is 1. The molecule has 0 radical (unpaired) electrons. The van der Waals surface area contributed by atoms with Gasteiger partial charge in [0.25, 0.3) is 0 Å². The van der Waals surface area contributed by atoms with Gasteiger partial charge in [-0.25, -0.2) is 4.79 Å². The van der Waals surface area contributed by atoms with Gasteiger partial charge >= 0.3 is 5.97 Å². The molecule has 1 unspecified atom stereocenters.